The Morgan fingerprint density at radius 2 is 0.785 bits per heavy atom. The van der Waals surface area contributed by atoms with Gasteiger partial charge in [0.05, 0.1) is 109 Å². The molecule has 0 bridgehead atoms. The van der Waals surface area contributed by atoms with Crippen molar-refractivity contribution in [2.75, 3.05) is 29.6 Å². The van der Waals surface area contributed by atoms with Crippen LogP contribution in [0.15, 0.2) is 146 Å². The number of nitrogens with two attached hydrogens (primary N) is 1. The van der Waals surface area contributed by atoms with E-state index >= 15 is 0 Å². The van der Waals surface area contributed by atoms with Gasteiger partial charge in [-0.2, -0.15) is 0 Å². The summed E-state index contributed by atoms with van der Waals surface area (Å²) in [6, 6.07) is 36.6. The number of nitrogens with zero attached hydrogens (tertiary/aromatic N) is 5. The fourth-order valence-electron chi connectivity index (χ4n) is 11.3. The van der Waals surface area contributed by atoms with Gasteiger partial charge in [-0.25, -0.2) is 0 Å². The number of carboxylic acids is 1. The number of aromatic nitrogens is 5. The second-order valence-electron chi connectivity index (χ2n) is 23.3. The molecule has 0 spiro atoms. The van der Waals surface area contributed by atoms with E-state index in [0.717, 1.165) is 97.4 Å². The number of carboxylic acid groups (broad SMARTS) is 1. The molecule has 17 nitrogen and oxygen atoms in total. The van der Waals surface area contributed by atoms with Crippen LogP contribution in [0.1, 0.15) is 160 Å². The Hall–Kier alpha value is -9.25. The van der Waals surface area contributed by atoms with E-state index < -0.39 is 22.2 Å². The molecule has 0 aliphatic heterocycles. The van der Waals surface area contributed by atoms with Gasteiger partial charge in [-0.1, -0.05) is 84.9 Å². The summed E-state index contributed by atoms with van der Waals surface area (Å²) in [6.45, 7) is 21.6. The van der Waals surface area contributed by atoms with E-state index in [0.29, 0.717) is 61.3 Å². The molecule has 18 heteroatoms. The molecule has 93 heavy (non-hydrogen) atoms. The number of Topliss-reactive ketones (excluding diaryl/α,β-unsaturated/α-hetero) is 3. The van der Waals surface area contributed by atoms with Crippen LogP contribution in [0, 0.1) is 37.5 Å². The Morgan fingerprint density at radius 3 is 1.06 bits per heavy atom. The van der Waals surface area contributed by atoms with Crippen LogP contribution in [0.2, 0.25) is 0 Å². The number of pyridine rings is 5. The molecule has 5 heterocycles. The molecule has 3 aliphatic rings. The summed E-state index contributed by atoms with van der Waals surface area (Å²) in [7, 11) is 0. The number of fused-ring (bicyclic) bond motifs is 3. The quantitative estimate of drug-likeness (QED) is 0.0423. The van der Waals surface area contributed by atoms with Crippen molar-refractivity contribution in [1.29, 1.82) is 0 Å². The fourth-order valence-corrected chi connectivity index (χ4v) is 11.3. The molecule has 11 rings (SSSR count). The predicted molar refractivity (Wildman–Crippen MR) is 364 cm³/mol. The Balaban J connectivity index is 0.000000245. The Kier molecular flexibility index (Phi) is 27.1. The zero-order valence-electron chi connectivity index (χ0n) is 55.5. The van der Waals surface area contributed by atoms with Crippen molar-refractivity contribution in [2.45, 2.75) is 134 Å². The number of aryl methyl sites for hydroxylation is 5. The second-order valence-corrected chi connectivity index (χ2v) is 23.3. The first-order valence-corrected chi connectivity index (χ1v) is 31.2. The molecule has 490 valence electrons. The summed E-state index contributed by atoms with van der Waals surface area (Å²) in [5.41, 5.74) is 19.8. The molecule has 3 aliphatic carbocycles. The number of esters is 2. The molecule has 0 saturated carbocycles. The number of aliphatic carboxylic acids is 1. The minimum atomic E-state index is -0.940. The number of ketones is 3. The van der Waals surface area contributed by atoms with Gasteiger partial charge in [-0.15, -0.1) is 0 Å². The van der Waals surface area contributed by atoms with Crippen molar-refractivity contribution < 1.29 is 60.4 Å². The van der Waals surface area contributed by atoms with Crippen LogP contribution < -0.4 is 16.4 Å². The number of benzene rings is 3. The van der Waals surface area contributed by atoms with Gasteiger partial charge in [-0.05, 0) is 162 Å². The van der Waals surface area contributed by atoms with Crippen molar-refractivity contribution in [3.05, 3.63) is 198 Å². The molecule has 0 fully saturated rings. The SMILES string of the molecule is CC.CC.CCOC(=O)CC1(C)CCc2cc(-c3ccc(N)cn3)ccc2C1=O.CCOC(=O)CC1(C)CCc2cc(-c3ccc(Nc4ccc(C)nc4)cn3)ccc2C1=O.Cc1ccc(Nc2ccc(-c3ccc4c(c3)CCC(C)(CC(=O)O)C4=O)nc2)cn1.[CH3-].[Fe]. The summed E-state index contributed by atoms with van der Waals surface area (Å²) in [6.07, 6.45) is 12.8. The van der Waals surface area contributed by atoms with E-state index in [-0.39, 0.29) is 73.0 Å². The number of nitrogens with one attached hydrogen (secondary N) is 2. The van der Waals surface area contributed by atoms with Gasteiger partial charge in [0, 0.05) is 78.1 Å². The van der Waals surface area contributed by atoms with Crippen LogP contribution in [0.3, 0.4) is 0 Å². The molecular weight excluding hydrogens is 1210 g/mol. The van der Waals surface area contributed by atoms with Crippen LogP contribution in [0.5, 0.6) is 0 Å². The molecule has 0 saturated heterocycles. The Labute approximate surface area is 558 Å². The third-order valence-corrected chi connectivity index (χ3v) is 16.4. The summed E-state index contributed by atoms with van der Waals surface area (Å²) in [5.74, 6) is -1.63. The maximum Gasteiger partial charge on any atom is 0.306 e. The van der Waals surface area contributed by atoms with Crippen molar-refractivity contribution in [3.8, 4) is 33.8 Å². The van der Waals surface area contributed by atoms with Crippen LogP contribution >= 0.6 is 0 Å². The monoisotopic (exact) mass is 1300 g/mol. The number of ether oxygens (including phenoxy) is 2. The van der Waals surface area contributed by atoms with Crippen LogP contribution in [0.25, 0.3) is 33.8 Å². The normalized spacial score (nSPS) is 17.2. The fraction of sp³-hybridized carbons (Fsp3) is 0.333. The van der Waals surface area contributed by atoms with Gasteiger partial charge >= 0.3 is 17.9 Å². The standard InChI is InChI=1S/C26H27N3O3.C24H23N3O3.C20H22N2O3.2C2H6.CH3.Fe/c1-4-32-24(30)14-26(3)12-11-18-13-19(6-9-22(18)25(26)31)23-10-8-21(16-28-23)29-20-7-5-17(2)27-15-20;1-15-3-5-18(13-25-15)27-19-6-8-21(26-14-19)17-4-7-20-16(11-17)9-10-24(2,23(20)30)12-22(28)29;1-3-25-18(23)11-20(2)9-8-13-10-14(4-6-16(13)19(20)24)17-7-5-15(21)12-22-17;2*1-2;;/h5-10,13,15-16,29H,4,11-12,14H2,1-3H3;3-8,11,13-14,27H,9-10,12H2,1-2H3,(H,28,29);4-7,10,12H,3,8-9,11,21H2,1-2H3;2*1-2H3;1H3;/q;;;;;-1;. The minimum Gasteiger partial charge on any atom is -0.481 e. The minimum absolute atomic E-state index is 0. The molecule has 5 N–H and O–H groups in total. The molecule has 5 aromatic heterocycles. The van der Waals surface area contributed by atoms with E-state index in [1.807, 2.05) is 165 Å². The predicted octanol–water partition coefficient (Wildman–Crippen LogP) is 16.0. The second kappa shape index (κ2) is 33.9. The number of anilines is 5. The largest absolute Gasteiger partial charge is 0.481 e. The van der Waals surface area contributed by atoms with Crippen molar-refractivity contribution >= 4 is 63.7 Å². The van der Waals surface area contributed by atoms with Crippen LogP contribution in [0.4, 0.5) is 28.4 Å². The van der Waals surface area contributed by atoms with Crippen LogP contribution in [-0.2, 0) is 60.2 Å². The van der Waals surface area contributed by atoms with Crippen LogP contribution in [-0.4, -0.2) is 78.5 Å². The van der Waals surface area contributed by atoms with Gasteiger partial charge in [0.25, 0.3) is 0 Å². The molecule has 8 aromatic rings. The summed E-state index contributed by atoms with van der Waals surface area (Å²) in [5, 5.41) is 15.7. The number of carbonyl (C=O) groups is 6. The Bertz CT molecular complexity index is 3860. The number of carbonyl (C=O) groups excluding carboxylic acids is 5. The topological polar surface area (TPSA) is 256 Å². The van der Waals surface area contributed by atoms with E-state index in [4.69, 9.17) is 20.3 Å². The number of hydrogen-bond donors (Lipinski definition) is 4. The number of hydrogen-bond acceptors (Lipinski definition) is 16. The van der Waals surface area contributed by atoms with Crippen molar-refractivity contribution in [1.82, 2.24) is 24.9 Å². The first-order chi connectivity index (χ1) is 43.6. The van der Waals surface area contributed by atoms with Gasteiger partial charge in [0.15, 0.2) is 17.3 Å². The zero-order valence-corrected chi connectivity index (χ0v) is 56.6. The average molecular weight is 1300 g/mol. The van der Waals surface area contributed by atoms with Gasteiger partial charge < -0.3 is 38.4 Å². The molecular formula is C75H87FeN8O9-. The molecule has 3 aromatic carbocycles. The smallest absolute Gasteiger partial charge is 0.306 e. The third-order valence-electron chi connectivity index (χ3n) is 16.4. The van der Waals surface area contributed by atoms with Gasteiger partial charge in [0.1, 0.15) is 0 Å². The maximum atomic E-state index is 13.1. The van der Waals surface area contributed by atoms with Gasteiger partial charge in [-0.3, -0.25) is 53.7 Å². The number of nitrogen functional groups attached to an aromatic ring is 1. The number of rotatable bonds is 15. The van der Waals surface area contributed by atoms with Crippen molar-refractivity contribution in [3.63, 3.8) is 0 Å². The molecule has 3 atom stereocenters. The van der Waals surface area contributed by atoms with Gasteiger partial charge in [0.2, 0.25) is 0 Å². The van der Waals surface area contributed by atoms with E-state index in [9.17, 15) is 28.8 Å². The van der Waals surface area contributed by atoms with Crippen molar-refractivity contribution in [2.24, 2.45) is 16.2 Å². The first kappa shape index (κ1) is 74.5. The molecule has 0 radical (unpaired) electrons. The molecule has 0 amide bonds. The zero-order chi connectivity index (χ0) is 66.0. The molecule has 3 unspecified atom stereocenters. The van der Waals surface area contributed by atoms with E-state index in [1.165, 1.54) is 0 Å². The third kappa shape index (κ3) is 18.9. The summed E-state index contributed by atoms with van der Waals surface area (Å²) >= 11 is 0. The van der Waals surface area contributed by atoms with E-state index in [2.05, 4.69) is 35.6 Å². The van der Waals surface area contributed by atoms with E-state index in [1.54, 1.807) is 57.8 Å². The first-order valence-electron chi connectivity index (χ1n) is 31.2. The maximum absolute atomic E-state index is 13.1. The Morgan fingerprint density at radius 1 is 0.473 bits per heavy atom. The average Bonchev–Trinajstić information content (AvgIpc) is 0.791. The summed E-state index contributed by atoms with van der Waals surface area (Å²) in [4.78, 5) is 95.9. The summed E-state index contributed by atoms with van der Waals surface area (Å²) < 4.78 is 10.1.